The number of hydrogen-bond acceptors (Lipinski definition) is 4. The molecule has 2 aromatic rings. The summed E-state index contributed by atoms with van der Waals surface area (Å²) in [4.78, 5) is 16.2. The summed E-state index contributed by atoms with van der Waals surface area (Å²) in [6, 6.07) is 3.90. The van der Waals surface area contributed by atoms with Crippen molar-refractivity contribution in [3.63, 3.8) is 0 Å². The van der Waals surface area contributed by atoms with Crippen molar-refractivity contribution in [2.45, 2.75) is 32.3 Å². The third-order valence-electron chi connectivity index (χ3n) is 5.32. The van der Waals surface area contributed by atoms with E-state index < -0.39 is 17.8 Å². The van der Waals surface area contributed by atoms with Gasteiger partial charge in [-0.1, -0.05) is 15.9 Å². The highest BCUT2D eigenvalue weighted by Gasteiger charge is 2.60. The van der Waals surface area contributed by atoms with Crippen LogP contribution in [0.1, 0.15) is 41.5 Å². The Morgan fingerprint density at radius 2 is 2.14 bits per heavy atom. The monoisotopic (exact) mass is 455 g/mol. The van der Waals surface area contributed by atoms with Gasteiger partial charge in [-0.25, -0.2) is 18.2 Å². The summed E-state index contributed by atoms with van der Waals surface area (Å²) in [5.41, 5.74) is 1.86. The van der Waals surface area contributed by atoms with Crippen LogP contribution < -0.4 is 4.74 Å². The zero-order valence-corrected chi connectivity index (χ0v) is 16.5. The second-order valence-electron chi connectivity index (χ2n) is 6.95. The van der Waals surface area contributed by atoms with E-state index in [0.717, 1.165) is 23.6 Å². The molecule has 0 aliphatic heterocycles. The molecule has 4 rings (SSSR count). The van der Waals surface area contributed by atoms with Gasteiger partial charge in [-0.15, -0.1) is 0 Å². The first kappa shape index (κ1) is 19.2. The number of halogens is 4. The summed E-state index contributed by atoms with van der Waals surface area (Å²) >= 11 is 3.03. The van der Waals surface area contributed by atoms with Crippen LogP contribution in [0, 0.1) is 17.7 Å². The Labute approximate surface area is 168 Å². The Morgan fingerprint density at radius 1 is 1.36 bits per heavy atom. The number of ether oxygens (including phenoxy) is 2. The summed E-state index contributed by atoms with van der Waals surface area (Å²) < 4.78 is 50.5. The Balaban J connectivity index is 1.43. The van der Waals surface area contributed by atoms with E-state index in [1.54, 1.807) is 19.2 Å². The highest BCUT2D eigenvalue weighted by Crippen LogP contribution is 2.61. The SMILES string of the molecule is CCOC(=O)[C@H]1[C@@H]2Cc3cc(OCc4cc(Br)c(C(F)F)cc4F)ncc3[C@@H]21. The molecule has 1 heterocycles. The Bertz CT molecular complexity index is 937. The predicted molar refractivity (Wildman–Crippen MR) is 97.7 cm³/mol. The minimum absolute atomic E-state index is 0.0826. The second kappa shape index (κ2) is 7.39. The summed E-state index contributed by atoms with van der Waals surface area (Å²) in [6.45, 7) is 2.03. The number of benzene rings is 1. The number of alkyl halides is 2. The molecular formula is C20H17BrF3NO3. The first-order valence-corrected chi connectivity index (χ1v) is 9.74. The van der Waals surface area contributed by atoms with Gasteiger partial charge in [0, 0.05) is 33.8 Å². The van der Waals surface area contributed by atoms with Crippen molar-refractivity contribution in [3.05, 3.63) is 56.9 Å². The van der Waals surface area contributed by atoms with Crippen LogP contribution in [0.5, 0.6) is 5.88 Å². The van der Waals surface area contributed by atoms with Crippen LogP contribution in [0.3, 0.4) is 0 Å². The molecule has 28 heavy (non-hydrogen) atoms. The van der Waals surface area contributed by atoms with Crippen LogP contribution in [0.2, 0.25) is 0 Å². The van der Waals surface area contributed by atoms with E-state index >= 15 is 0 Å². The van der Waals surface area contributed by atoms with Gasteiger partial charge < -0.3 is 9.47 Å². The lowest BCUT2D eigenvalue weighted by atomic mass is 10.0. The fraction of sp³-hybridized carbons (Fsp3) is 0.400. The van der Waals surface area contributed by atoms with Crippen molar-refractivity contribution in [3.8, 4) is 5.88 Å². The Morgan fingerprint density at radius 3 is 2.86 bits per heavy atom. The van der Waals surface area contributed by atoms with Crippen LogP contribution in [0.25, 0.3) is 0 Å². The molecule has 8 heteroatoms. The average molecular weight is 456 g/mol. The van der Waals surface area contributed by atoms with Gasteiger partial charge in [-0.3, -0.25) is 4.79 Å². The van der Waals surface area contributed by atoms with E-state index in [4.69, 9.17) is 9.47 Å². The highest BCUT2D eigenvalue weighted by atomic mass is 79.9. The number of fused-ring (bicyclic) bond motifs is 3. The smallest absolute Gasteiger partial charge is 0.309 e. The Kier molecular flexibility index (Phi) is 5.07. The number of carbonyl (C=O) groups excluding carboxylic acids is 1. The van der Waals surface area contributed by atoms with E-state index in [0.29, 0.717) is 12.5 Å². The molecule has 0 unspecified atom stereocenters. The normalized spacial score (nSPS) is 22.0. The van der Waals surface area contributed by atoms with Crippen LogP contribution in [0.4, 0.5) is 13.2 Å². The number of pyridine rings is 1. The maximum absolute atomic E-state index is 14.1. The first-order chi connectivity index (χ1) is 13.4. The standard InChI is InChI=1S/C20H17BrF3NO3/c1-2-27-20(26)18-12-3-9-5-16(25-7-13(9)17(12)18)28-8-10-4-14(21)11(19(23)24)6-15(10)22/h4-7,12,17-19H,2-3,8H2,1H3/t12-,17-,18+/m1/s1. The van der Waals surface area contributed by atoms with Gasteiger partial charge in [0.25, 0.3) is 6.43 Å². The lowest BCUT2D eigenvalue weighted by Crippen LogP contribution is -2.11. The third kappa shape index (κ3) is 3.38. The molecule has 0 radical (unpaired) electrons. The number of nitrogens with zero attached hydrogens (tertiary/aromatic N) is 1. The lowest BCUT2D eigenvalue weighted by Gasteiger charge is -2.12. The lowest BCUT2D eigenvalue weighted by molar-refractivity contribution is -0.145. The number of carbonyl (C=O) groups is 1. The first-order valence-electron chi connectivity index (χ1n) is 8.95. The minimum atomic E-state index is -2.76. The van der Waals surface area contributed by atoms with Crippen molar-refractivity contribution in [1.82, 2.24) is 4.98 Å². The van der Waals surface area contributed by atoms with Crippen LogP contribution in [0.15, 0.2) is 28.9 Å². The zero-order chi connectivity index (χ0) is 20.0. The molecule has 1 aromatic heterocycles. The maximum Gasteiger partial charge on any atom is 0.309 e. The van der Waals surface area contributed by atoms with Crippen LogP contribution >= 0.6 is 15.9 Å². The van der Waals surface area contributed by atoms with Gasteiger partial charge in [-0.2, -0.15) is 0 Å². The van der Waals surface area contributed by atoms with E-state index in [-0.39, 0.29) is 40.4 Å². The summed E-state index contributed by atoms with van der Waals surface area (Å²) in [5.74, 6) is -0.246. The molecule has 2 aliphatic carbocycles. The zero-order valence-electron chi connectivity index (χ0n) is 14.9. The quantitative estimate of drug-likeness (QED) is 0.578. The molecule has 148 valence electrons. The topological polar surface area (TPSA) is 48.4 Å². The van der Waals surface area contributed by atoms with Crippen LogP contribution in [-0.4, -0.2) is 17.6 Å². The largest absolute Gasteiger partial charge is 0.473 e. The van der Waals surface area contributed by atoms with Crippen molar-refractivity contribution in [2.75, 3.05) is 6.61 Å². The van der Waals surface area contributed by atoms with Gasteiger partial charge in [0.2, 0.25) is 5.88 Å². The van der Waals surface area contributed by atoms with Crippen molar-refractivity contribution in [2.24, 2.45) is 11.8 Å². The number of hydrogen-bond donors (Lipinski definition) is 0. The van der Waals surface area contributed by atoms with Crippen molar-refractivity contribution < 1.29 is 27.4 Å². The molecule has 1 fully saturated rings. The van der Waals surface area contributed by atoms with Gasteiger partial charge in [-0.05, 0) is 42.5 Å². The molecule has 0 saturated heterocycles. The molecule has 0 amide bonds. The molecule has 0 N–H and O–H groups in total. The van der Waals surface area contributed by atoms with Gasteiger partial charge in [0.1, 0.15) is 12.4 Å². The van der Waals surface area contributed by atoms with Gasteiger partial charge >= 0.3 is 5.97 Å². The number of aromatic nitrogens is 1. The van der Waals surface area contributed by atoms with Crippen LogP contribution in [-0.2, 0) is 22.6 Å². The second-order valence-corrected chi connectivity index (χ2v) is 7.80. The van der Waals surface area contributed by atoms with E-state index in [1.165, 1.54) is 6.07 Å². The van der Waals surface area contributed by atoms with Crippen molar-refractivity contribution >= 4 is 21.9 Å². The van der Waals surface area contributed by atoms with Gasteiger partial charge in [0.05, 0.1) is 12.5 Å². The molecular weight excluding hydrogens is 439 g/mol. The van der Waals surface area contributed by atoms with E-state index in [1.807, 2.05) is 0 Å². The molecule has 0 spiro atoms. The maximum atomic E-state index is 14.1. The number of esters is 1. The molecule has 2 aliphatic rings. The minimum Gasteiger partial charge on any atom is -0.473 e. The molecule has 0 bridgehead atoms. The Hall–Kier alpha value is -2.09. The fourth-order valence-corrected chi connectivity index (χ4v) is 4.50. The molecule has 4 nitrogen and oxygen atoms in total. The van der Waals surface area contributed by atoms with E-state index in [2.05, 4.69) is 20.9 Å². The average Bonchev–Trinajstić information content (AvgIpc) is 3.24. The molecule has 3 atom stereocenters. The summed E-state index contributed by atoms with van der Waals surface area (Å²) in [6.07, 6.45) is -0.311. The molecule has 1 saturated carbocycles. The molecule has 1 aromatic carbocycles. The predicted octanol–water partition coefficient (Wildman–Crippen LogP) is 4.95. The van der Waals surface area contributed by atoms with Gasteiger partial charge in [0.15, 0.2) is 0 Å². The summed E-state index contributed by atoms with van der Waals surface area (Å²) in [5, 5.41) is 0. The number of rotatable bonds is 6. The third-order valence-corrected chi connectivity index (χ3v) is 6.00. The van der Waals surface area contributed by atoms with E-state index in [9.17, 15) is 18.0 Å². The fourth-order valence-electron chi connectivity index (χ4n) is 3.94. The summed E-state index contributed by atoms with van der Waals surface area (Å²) in [7, 11) is 0. The highest BCUT2D eigenvalue weighted by molar-refractivity contribution is 9.10. The van der Waals surface area contributed by atoms with Crippen molar-refractivity contribution in [1.29, 1.82) is 0 Å².